The number of nitrogens with one attached hydrogen (secondary N) is 2. The van der Waals surface area contributed by atoms with Crippen molar-refractivity contribution in [2.75, 3.05) is 51.3 Å². The molecule has 1 amide bonds. The summed E-state index contributed by atoms with van der Waals surface area (Å²) in [7, 11) is 1.68. The van der Waals surface area contributed by atoms with Gasteiger partial charge in [0.2, 0.25) is 5.91 Å². The Labute approximate surface area is 153 Å². The number of ether oxygens (including phenoxy) is 2. The summed E-state index contributed by atoms with van der Waals surface area (Å²) in [6, 6.07) is 7.97. The second-order valence-electron chi connectivity index (χ2n) is 6.32. The molecule has 0 saturated carbocycles. The van der Waals surface area contributed by atoms with E-state index in [0.717, 1.165) is 37.6 Å². The second-order valence-corrected chi connectivity index (χ2v) is 6.32. The third-order valence-corrected chi connectivity index (χ3v) is 4.79. The van der Waals surface area contributed by atoms with Crippen LogP contribution in [-0.2, 0) is 14.3 Å². The highest BCUT2D eigenvalue weighted by atomic mass is 16.5. The minimum absolute atomic E-state index is 0.256. The van der Waals surface area contributed by atoms with Crippen LogP contribution in [0.2, 0.25) is 0 Å². The van der Waals surface area contributed by atoms with Crippen molar-refractivity contribution >= 4 is 17.6 Å². The lowest BCUT2D eigenvalue weighted by molar-refractivity contribution is -0.154. The van der Waals surface area contributed by atoms with Crippen LogP contribution < -0.4 is 20.3 Å². The molecule has 8 nitrogen and oxygen atoms in total. The summed E-state index contributed by atoms with van der Waals surface area (Å²) in [6.45, 7) is 5.54. The first-order valence-electron chi connectivity index (χ1n) is 8.96. The molecule has 142 valence electrons. The van der Waals surface area contributed by atoms with Gasteiger partial charge in [-0.3, -0.25) is 19.8 Å². The molecule has 1 aromatic carbocycles. The number of hydrogen-bond acceptors (Lipinski definition) is 7. The lowest BCUT2D eigenvalue weighted by Gasteiger charge is -2.42. The monoisotopic (exact) mass is 362 g/mol. The maximum atomic E-state index is 12.2. The fraction of sp³-hybridized carbons (Fsp3) is 0.556. The molecule has 8 heteroatoms. The molecule has 0 spiro atoms. The lowest BCUT2D eigenvalue weighted by Crippen LogP contribution is -2.67. The van der Waals surface area contributed by atoms with Crippen molar-refractivity contribution in [2.45, 2.75) is 13.2 Å². The van der Waals surface area contributed by atoms with E-state index in [9.17, 15) is 9.59 Å². The number of carbonyl (C=O) groups is 2. The number of benzene rings is 1. The molecule has 2 atom stereocenters. The van der Waals surface area contributed by atoms with Crippen LogP contribution in [0.25, 0.3) is 0 Å². The van der Waals surface area contributed by atoms with Crippen molar-refractivity contribution in [2.24, 2.45) is 5.92 Å². The van der Waals surface area contributed by atoms with Gasteiger partial charge in [0, 0.05) is 32.7 Å². The second kappa shape index (κ2) is 8.37. The topological polar surface area (TPSA) is 83.1 Å². The summed E-state index contributed by atoms with van der Waals surface area (Å²) in [5.74, 6) is -0.667. The number of esters is 1. The van der Waals surface area contributed by atoms with Crippen LogP contribution in [0, 0.1) is 5.92 Å². The first-order valence-corrected chi connectivity index (χ1v) is 8.96. The van der Waals surface area contributed by atoms with E-state index in [2.05, 4.69) is 26.5 Å². The molecular weight excluding hydrogens is 336 g/mol. The Bertz CT molecular complexity index is 646. The number of piperazine rings is 1. The van der Waals surface area contributed by atoms with E-state index in [1.807, 2.05) is 18.2 Å². The Morgan fingerprint density at radius 2 is 1.96 bits per heavy atom. The van der Waals surface area contributed by atoms with E-state index in [1.165, 1.54) is 0 Å². The van der Waals surface area contributed by atoms with Crippen molar-refractivity contribution < 1.29 is 19.1 Å². The number of amides is 1. The molecule has 0 radical (unpaired) electrons. The third kappa shape index (κ3) is 3.91. The van der Waals surface area contributed by atoms with Crippen LogP contribution in [0.4, 0.5) is 5.69 Å². The third-order valence-electron chi connectivity index (χ3n) is 4.79. The highest BCUT2D eigenvalue weighted by molar-refractivity contribution is 5.98. The number of hydrogen-bond donors (Lipinski definition) is 2. The Kier molecular flexibility index (Phi) is 5.95. The smallest absolute Gasteiger partial charge is 0.319 e. The molecule has 1 aromatic rings. The number of nitrogens with zero attached hydrogens (tertiary/aromatic N) is 2. The number of para-hydroxylation sites is 2. The minimum atomic E-state index is -0.777. The predicted molar refractivity (Wildman–Crippen MR) is 96.8 cm³/mol. The summed E-state index contributed by atoms with van der Waals surface area (Å²) in [6.07, 6.45) is -0.256. The molecule has 0 bridgehead atoms. The molecule has 2 saturated heterocycles. The molecule has 2 N–H and O–H groups in total. The fourth-order valence-electron chi connectivity index (χ4n) is 3.37. The van der Waals surface area contributed by atoms with Gasteiger partial charge in [-0.25, -0.2) is 0 Å². The first kappa shape index (κ1) is 18.5. The Balaban J connectivity index is 1.54. The van der Waals surface area contributed by atoms with Crippen LogP contribution >= 0.6 is 0 Å². The van der Waals surface area contributed by atoms with Gasteiger partial charge >= 0.3 is 5.97 Å². The summed E-state index contributed by atoms with van der Waals surface area (Å²) in [4.78, 5) is 28.5. The van der Waals surface area contributed by atoms with Crippen LogP contribution in [0.5, 0.6) is 5.75 Å². The molecule has 3 rings (SSSR count). The normalized spacial score (nSPS) is 24.1. The molecule has 0 aromatic heterocycles. The van der Waals surface area contributed by atoms with Crippen molar-refractivity contribution in [1.29, 1.82) is 0 Å². The number of methoxy groups -OCH3 is 1. The fourth-order valence-corrected chi connectivity index (χ4v) is 3.37. The van der Waals surface area contributed by atoms with Gasteiger partial charge in [0.15, 0.2) is 0 Å². The highest BCUT2D eigenvalue weighted by Gasteiger charge is 2.36. The van der Waals surface area contributed by atoms with E-state index >= 15 is 0 Å². The number of anilines is 1. The molecule has 2 aliphatic rings. The quantitative estimate of drug-likeness (QED) is 0.563. The SMILES string of the molecule is CCOC(=O)C1CNC(N2CCN(c3ccccc3OC)CC2)NC1=O. The summed E-state index contributed by atoms with van der Waals surface area (Å²) < 4.78 is 10.4. The van der Waals surface area contributed by atoms with E-state index in [4.69, 9.17) is 9.47 Å². The summed E-state index contributed by atoms with van der Waals surface area (Å²) >= 11 is 0. The molecule has 2 unspecified atom stereocenters. The van der Waals surface area contributed by atoms with Crippen LogP contribution in [0.15, 0.2) is 24.3 Å². The van der Waals surface area contributed by atoms with Gasteiger partial charge in [-0.1, -0.05) is 12.1 Å². The largest absolute Gasteiger partial charge is 0.495 e. The molecular formula is C18H26N4O4. The standard InChI is InChI=1S/C18H26N4O4/c1-3-26-17(24)13-12-19-18(20-16(13)23)22-10-8-21(9-11-22)14-6-4-5-7-15(14)25-2/h4-7,13,18-19H,3,8-12H2,1-2H3,(H,20,23). The van der Waals surface area contributed by atoms with Gasteiger partial charge in [-0.2, -0.15) is 0 Å². The Morgan fingerprint density at radius 3 is 2.62 bits per heavy atom. The van der Waals surface area contributed by atoms with Crippen molar-refractivity contribution in [3.63, 3.8) is 0 Å². The zero-order chi connectivity index (χ0) is 18.5. The number of carbonyl (C=O) groups excluding carboxylic acids is 2. The highest BCUT2D eigenvalue weighted by Crippen LogP contribution is 2.28. The molecule has 2 aliphatic heterocycles. The van der Waals surface area contributed by atoms with Gasteiger partial charge in [0.25, 0.3) is 0 Å². The maximum Gasteiger partial charge on any atom is 0.319 e. The molecule has 2 heterocycles. The Morgan fingerprint density at radius 1 is 1.23 bits per heavy atom. The summed E-state index contributed by atoms with van der Waals surface area (Å²) in [5, 5.41) is 6.12. The minimum Gasteiger partial charge on any atom is -0.495 e. The van der Waals surface area contributed by atoms with Gasteiger partial charge in [0.1, 0.15) is 18.0 Å². The molecule has 26 heavy (non-hydrogen) atoms. The zero-order valence-electron chi connectivity index (χ0n) is 15.2. The van der Waals surface area contributed by atoms with Gasteiger partial charge < -0.3 is 19.7 Å². The van der Waals surface area contributed by atoms with Gasteiger partial charge in [0.05, 0.1) is 19.4 Å². The molecule has 0 aliphatic carbocycles. The van der Waals surface area contributed by atoms with Crippen LogP contribution in [0.3, 0.4) is 0 Å². The van der Waals surface area contributed by atoms with Gasteiger partial charge in [-0.15, -0.1) is 0 Å². The van der Waals surface area contributed by atoms with Crippen molar-refractivity contribution in [1.82, 2.24) is 15.5 Å². The zero-order valence-corrected chi connectivity index (χ0v) is 15.2. The van der Waals surface area contributed by atoms with Crippen molar-refractivity contribution in [3.8, 4) is 5.75 Å². The summed E-state index contributed by atoms with van der Waals surface area (Å²) in [5.41, 5.74) is 1.08. The lowest BCUT2D eigenvalue weighted by atomic mass is 10.1. The average molecular weight is 362 g/mol. The molecule has 2 fully saturated rings. The van der Waals surface area contributed by atoms with Gasteiger partial charge in [-0.05, 0) is 19.1 Å². The van der Waals surface area contributed by atoms with Crippen LogP contribution in [-0.4, -0.2) is 69.5 Å². The van der Waals surface area contributed by atoms with Crippen molar-refractivity contribution in [3.05, 3.63) is 24.3 Å². The Hall–Kier alpha value is -2.32. The van der Waals surface area contributed by atoms with Crippen LogP contribution in [0.1, 0.15) is 6.92 Å². The van der Waals surface area contributed by atoms with E-state index < -0.39 is 11.9 Å². The predicted octanol–water partition coefficient (Wildman–Crippen LogP) is -0.000500. The van der Waals surface area contributed by atoms with E-state index in [1.54, 1.807) is 14.0 Å². The average Bonchev–Trinajstić information content (AvgIpc) is 2.68. The van der Waals surface area contributed by atoms with E-state index in [0.29, 0.717) is 6.54 Å². The first-order chi connectivity index (χ1) is 12.6. The van der Waals surface area contributed by atoms with E-state index in [-0.39, 0.29) is 18.8 Å². The number of rotatable bonds is 5. The maximum absolute atomic E-state index is 12.2.